The molecule has 1 aliphatic heterocycles. The Kier molecular flexibility index (Phi) is 11.0. The molecule has 4 atom stereocenters. The zero-order chi connectivity index (χ0) is 20.3. The Morgan fingerprint density at radius 1 is 0.690 bits per heavy atom. The van der Waals surface area contributed by atoms with Crippen LogP contribution in [0, 0.1) is 0 Å². The number of nitrogens with zero attached hydrogens (tertiary/aromatic N) is 1. The Balaban J connectivity index is 0.000000755. The third kappa shape index (κ3) is 7.93. The van der Waals surface area contributed by atoms with Gasteiger partial charge in [-0.25, -0.2) is 0 Å². The van der Waals surface area contributed by atoms with Crippen LogP contribution in [0.5, 0.6) is 0 Å². The monoisotopic (exact) mass is 482 g/mol. The third-order valence-corrected chi connectivity index (χ3v) is 6.43. The van der Waals surface area contributed by atoms with Gasteiger partial charge in [-0.1, -0.05) is 31.7 Å². The van der Waals surface area contributed by atoms with Gasteiger partial charge in [0.1, 0.15) is 0 Å². The zero-order valence-electron chi connectivity index (χ0n) is 17.1. The van der Waals surface area contributed by atoms with E-state index in [0.29, 0.717) is 24.2 Å². The summed E-state index contributed by atoms with van der Waals surface area (Å²) in [5, 5.41) is 15.2. The van der Waals surface area contributed by atoms with Crippen molar-refractivity contribution in [2.24, 2.45) is 0 Å². The van der Waals surface area contributed by atoms with Gasteiger partial charge in [0, 0.05) is 50.3 Å². The summed E-state index contributed by atoms with van der Waals surface area (Å²) in [5.41, 5.74) is 2.34. The molecule has 0 spiro atoms. The smallest absolute Gasteiger partial charge is 0.0545 e. The van der Waals surface area contributed by atoms with Crippen molar-refractivity contribution in [3.63, 3.8) is 0 Å². The molecule has 0 saturated heterocycles. The van der Waals surface area contributed by atoms with E-state index >= 15 is 0 Å². The van der Waals surface area contributed by atoms with E-state index in [9.17, 15) is 0 Å². The molecule has 29 heavy (non-hydrogen) atoms. The number of aromatic nitrogens is 1. The molecule has 8 heteroatoms. The molecule has 0 radical (unpaired) electrons. The van der Waals surface area contributed by atoms with Crippen molar-refractivity contribution in [2.75, 3.05) is 13.1 Å². The molecule has 2 aliphatic carbocycles. The minimum absolute atomic E-state index is 0.00694. The summed E-state index contributed by atoms with van der Waals surface area (Å²) < 4.78 is 0. The van der Waals surface area contributed by atoms with E-state index in [-0.39, 0.29) is 13.1 Å². The fraction of sp³-hybridized carbons (Fsp3) is 0.762. The molecule has 1 aromatic heterocycles. The third-order valence-electron chi connectivity index (χ3n) is 6.43. The van der Waals surface area contributed by atoms with Gasteiger partial charge < -0.3 is 21.3 Å². The molecule has 4 N–H and O–H groups in total. The zero-order valence-corrected chi connectivity index (χ0v) is 19.8. The van der Waals surface area contributed by atoms with Gasteiger partial charge in [-0.15, -0.1) is 0 Å². The maximum Gasteiger partial charge on any atom is 0.0545 e. The predicted molar refractivity (Wildman–Crippen MR) is 118 cm³/mol. The van der Waals surface area contributed by atoms with E-state index in [1.807, 2.05) is 0 Å². The van der Waals surface area contributed by atoms with Crippen LogP contribution in [0.25, 0.3) is 0 Å². The standard InChI is InChI=1S/C21H35N5.2ClH.Mn/c1-3-10-20-18(8-1)22-12-13-23-19-9-2-4-11-21(19)25-15-17-7-5-6-16(26-17)14-24-20;;;/h5-7,18-25H,1-4,8-15H2;2*1H;/q;;;+2/p-2/t18-,19-,20-,21+;;;/m1.../s1. The summed E-state index contributed by atoms with van der Waals surface area (Å²) in [6.07, 6.45) is 10.5. The Morgan fingerprint density at radius 3 is 1.48 bits per heavy atom. The van der Waals surface area contributed by atoms with Gasteiger partial charge in [0.25, 0.3) is 0 Å². The second kappa shape index (κ2) is 13.5. The van der Waals surface area contributed by atoms with Crippen molar-refractivity contribution in [3.05, 3.63) is 29.6 Å². The SMILES string of the molecule is [Cl][Mn][Cl].c1cc2nc(c1)CN[C@@H]1CCCC[C@H]1NCCN[C@@H]1CCCC[C@@H]1NC2. The molecule has 2 saturated carbocycles. The topological polar surface area (TPSA) is 61.0 Å². The number of pyridine rings is 1. The minimum Gasteiger partial charge on any atom is -0.311 e. The Bertz CT molecular complexity index is 549. The van der Waals surface area contributed by atoms with E-state index in [1.54, 1.807) is 0 Å². The summed E-state index contributed by atoms with van der Waals surface area (Å²) in [4.78, 5) is 4.89. The van der Waals surface area contributed by atoms with Crippen molar-refractivity contribution in [1.82, 2.24) is 26.3 Å². The van der Waals surface area contributed by atoms with E-state index in [2.05, 4.69) is 39.5 Å². The van der Waals surface area contributed by atoms with Crippen molar-refractivity contribution in [2.45, 2.75) is 88.6 Å². The van der Waals surface area contributed by atoms with E-state index in [4.69, 9.17) is 25.2 Å². The fourth-order valence-corrected chi connectivity index (χ4v) is 4.95. The van der Waals surface area contributed by atoms with Gasteiger partial charge in [-0.05, 0) is 37.8 Å². The molecule has 0 unspecified atom stereocenters. The van der Waals surface area contributed by atoms with Crippen LogP contribution in [0.4, 0.5) is 0 Å². The molecule has 5 nitrogen and oxygen atoms in total. The average Bonchev–Trinajstić information content (AvgIpc) is 2.76. The summed E-state index contributed by atoms with van der Waals surface area (Å²) in [6, 6.07) is 8.81. The molecule has 1 aromatic rings. The van der Waals surface area contributed by atoms with Crippen molar-refractivity contribution in [3.8, 4) is 0 Å². The van der Waals surface area contributed by atoms with Crippen LogP contribution in [0.15, 0.2) is 18.2 Å². The maximum absolute atomic E-state index is 4.89. The number of fused-ring (bicyclic) bond motifs is 4. The molecule has 2 fully saturated rings. The summed E-state index contributed by atoms with van der Waals surface area (Å²) in [6.45, 7) is 3.89. The fourth-order valence-electron chi connectivity index (χ4n) is 4.95. The van der Waals surface area contributed by atoms with Crippen molar-refractivity contribution in [1.29, 1.82) is 0 Å². The minimum atomic E-state index is 0.00694. The normalized spacial score (nSPS) is 31.1. The van der Waals surface area contributed by atoms with Crippen LogP contribution >= 0.6 is 20.2 Å². The molecule has 4 rings (SSSR count). The first-order valence-electron chi connectivity index (χ1n) is 11.1. The van der Waals surface area contributed by atoms with E-state index in [1.165, 1.54) is 62.8 Å². The molecule has 165 valence electrons. The van der Waals surface area contributed by atoms with Crippen molar-refractivity contribution < 1.29 is 13.1 Å². The van der Waals surface area contributed by atoms with Gasteiger partial charge >= 0.3 is 33.3 Å². The number of nitrogens with one attached hydrogen (secondary N) is 4. The van der Waals surface area contributed by atoms with E-state index < -0.39 is 0 Å². The van der Waals surface area contributed by atoms with Crippen LogP contribution in [0.2, 0.25) is 0 Å². The van der Waals surface area contributed by atoms with Crippen LogP contribution in [-0.4, -0.2) is 42.2 Å². The largest absolute Gasteiger partial charge is 0.311 e. The first-order chi connectivity index (χ1) is 14.3. The second-order valence-corrected chi connectivity index (χ2v) is 10.3. The number of rotatable bonds is 0. The molecule has 3 aliphatic rings. The van der Waals surface area contributed by atoms with Crippen LogP contribution in [0.1, 0.15) is 62.8 Å². The summed E-state index contributed by atoms with van der Waals surface area (Å²) in [7, 11) is 9.59. The van der Waals surface area contributed by atoms with Crippen LogP contribution < -0.4 is 21.3 Å². The molecule has 0 amide bonds. The van der Waals surface area contributed by atoms with Gasteiger partial charge in [-0.2, -0.15) is 0 Å². The first kappa shape index (κ1) is 23.7. The van der Waals surface area contributed by atoms with Crippen LogP contribution in [-0.2, 0) is 26.2 Å². The molecule has 2 bridgehead atoms. The average molecular weight is 483 g/mol. The Labute approximate surface area is 190 Å². The number of halogens is 2. The van der Waals surface area contributed by atoms with Gasteiger partial charge in [-0.3, -0.25) is 4.98 Å². The quantitative estimate of drug-likeness (QED) is 0.426. The predicted octanol–water partition coefficient (Wildman–Crippen LogP) is 3.45. The van der Waals surface area contributed by atoms with Gasteiger partial charge in [0.2, 0.25) is 0 Å². The van der Waals surface area contributed by atoms with E-state index in [0.717, 1.165) is 26.2 Å². The Morgan fingerprint density at radius 2 is 1.07 bits per heavy atom. The van der Waals surface area contributed by atoms with Crippen molar-refractivity contribution >= 4 is 20.2 Å². The van der Waals surface area contributed by atoms with Gasteiger partial charge in [0.05, 0.1) is 11.4 Å². The molecule has 0 aromatic carbocycles. The number of hydrogen-bond donors (Lipinski definition) is 4. The summed E-state index contributed by atoms with van der Waals surface area (Å²) in [5.74, 6) is 0. The Hall–Kier alpha value is 0.0895. The summed E-state index contributed by atoms with van der Waals surface area (Å²) >= 11 is 0.00694. The molecular formula is C21H35Cl2MnN5. The van der Waals surface area contributed by atoms with Crippen LogP contribution in [0.3, 0.4) is 0 Å². The first-order valence-corrected chi connectivity index (χ1v) is 14.3. The van der Waals surface area contributed by atoms with Gasteiger partial charge in [0.15, 0.2) is 0 Å². The second-order valence-electron chi connectivity index (χ2n) is 8.34. The molecule has 2 heterocycles. The number of hydrogen-bond acceptors (Lipinski definition) is 5. The maximum atomic E-state index is 4.89. The molecular weight excluding hydrogens is 448 g/mol.